The number of rotatable bonds is 12. The Bertz CT molecular complexity index is 1220. The zero-order chi connectivity index (χ0) is 26.4. The Labute approximate surface area is 211 Å². The van der Waals surface area contributed by atoms with Gasteiger partial charge in [0.2, 0.25) is 0 Å². The quantitative estimate of drug-likeness (QED) is 0.269. The van der Waals surface area contributed by atoms with E-state index in [1.165, 1.54) is 31.6 Å². The molecule has 0 bridgehead atoms. The number of methoxy groups -OCH3 is 2. The largest absolute Gasteiger partial charge is 0.497 e. The SMILES string of the molecule is COc1ccc(CNc2cc(C(F)F)cc(NC(NC(=O)c3cccnc3)N[C@@H]3C[C@@H]3F)n2)c(OC)c1. The standard InChI is InChI=1S/C25H27F3N6O3/c1-36-17-6-5-14(20(10-17)37-2)13-30-21-8-16(23(27)28)9-22(32-21)33-25(31-19-11-18(19)26)34-24(35)15-4-3-7-29-12-15/h3-10,12,18-19,23,25,31H,11,13H2,1-2H3,(H,34,35)(H2,30,32,33)/t18-,19+,25?/m0/s1. The van der Waals surface area contributed by atoms with Crippen LogP contribution < -0.4 is 30.7 Å². The van der Waals surface area contributed by atoms with Crippen molar-refractivity contribution >= 4 is 17.5 Å². The molecule has 0 radical (unpaired) electrons. The van der Waals surface area contributed by atoms with Gasteiger partial charge in [0.1, 0.15) is 29.3 Å². The minimum absolute atomic E-state index is 0.0574. The van der Waals surface area contributed by atoms with Crippen LogP contribution in [0, 0.1) is 0 Å². The summed E-state index contributed by atoms with van der Waals surface area (Å²) in [4.78, 5) is 20.9. The van der Waals surface area contributed by atoms with Crippen LogP contribution in [-0.2, 0) is 6.54 Å². The van der Waals surface area contributed by atoms with Crippen molar-refractivity contribution in [1.29, 1.82) is 0 Å². The lowest BCUT2D eigenvalue weighted by Crippen LogP contribution is -2.52. The molecule has 9 nitrogen and oxygen atoms in total. The number of ether oxygens (including phenoxy) is 2. The number of amides is 1. The third kappa shape index (κ3) is 7.00. The normalized spacial score (nSPS) is 17.1. The lowest BCUT2D eigenvalue weighted by atomic mass is 10.2. The molecule has 37 heavy (non-hydrogen) atoms. The van der Waals surface area contributed by atoms with Gasteiger partial charge in [-0.1, -0.05) is 0 Å². The first-order valence-electron chi connectivity index (χ1n) is 11.5. The highest BCUT2D eigenvalue weighted by atomic mass is 19.3. The predicted octanol–water partition coefficient (Wildman–Crippen LogP) is 3.87. The number of hydrogen-bond acceptors (Lipinski definition) is 8. The highest BCUT2D eigenvalue weighted by Gasteiger charge is 2.39. The molecular weight excluding hydrogens is 489 g/mol. The zero-order valence-electron chi connectivity index (χ0n) is 20.2. The number of alkyl halides is 3. The smallest absolute Gasteiger partial charge is 0.264 e. The number of pyridine rings is 2. The molecule has 3 atom stereocenters. The number of aromatic nitrogens is 2. The van der Waals surface area contributed by atoms with Crippen molar-refractivity contribution in [1.82, 2.24) is 20.6 Å². The zero-order valence-corrected chi connectivity index (χ0v) is 20.2. The maximum Gasteiger partial charge on any atom is 0.264 e. The van der Waals surface area contributed by atoms with Crippen LogP contribution in [0.4, 0.5) is 24.8 Å². The number of carbonyl (C=O) groups is 1. The van der Waals surface area contributed by atoms with Gasteiger partial charge in [-0.05, 0) is 42.8 Å². The molecule has 0 saturated heterocycles. The molecule has 1 saturated carbocycles. The van der Waals surface area contributed by atoms with Crippen LogP contribution in [0.25, 0.3) is 0 Å². The molecule has 4 N–H and O–H groups in total. The van der Waals surface area contributed by atoms with E-state index in [2.05, 4.69) is 31.2 Å². The van der Waals surface area contributed by atoms with E-state index in [1.54, 1.807) is 37.4 Å². The lowest BCUT2D eigenvalue weighted by molar-refractivity contribution is 0.0933. The third-order valence-corrected chi connectivity index (χ3v) is 5.64. The maximum absolute atomic E-state index is 13.7. The molecular formula is C25H27F3N6O3. The van der Waals surface area contributed by atoms with E-state index >= 15 is 0 Å². The third-order valence-electron chi connectivity index (χ3n) is 5.64. The summed E-state index contributed by atoms with van der Waals surface area (Å²) in [5, 5.41) is 11.5. The predicted molar refractivity (Wildman–Crippen MR) is 132 cm³/mol. The second kappa shape index (κ2) is 11.8. The van der Waals surface area contributed by atoms with Gasteiger partial charge in [-0.15, -0.1) is 0 Å². The topological polar surface area (TPSA) is 109 Å². The Kier molecular flexibility index (Phi) is 8.29. The number of anilines is 2. The minimum atomic E-state index is -2.77. The molecule has 1 unspecified atom stereocenters. The van der Waals surface area contributed by atoms with Crippen molar-refractivity contribution < 1.29 is 27.4 Å². The van der Waals surface area contributed by atoms with E-state index in [1.807, 2.05) is 0 Å². The van der Waals surface area contributed by atoms with Crippen LogP contribution >= 0.6 is 0 Å². The van der Waals surface area contributed by atoms with Gasteiger partial charge in [0, 0.05) is 42.2 Å². The number of benzene rings is 1. The van der Waals surface area contributed by atoms with Crippen molar-refractivity contribution in [3.8, 4) is 11.5 Å². The number of halogens is 3. The van der Waals surface area contributed by atoms with Gasteiger partial charge in [-0.3, -0.25) is 15.1 Å². The van der Waals surface area contributed by atoms with Crippen LogP contribution in [0.3, 0.4) is 0 Å². The first-order valence-corrected chi connectivity index (χ1v) is 11.5. The number of carbonyl (C=O) groups excluding carboxylic acids is 1. The lowest BCUT2D eigenvalue weighted by Gasteiger charge is -2.23. The summed E-state index contributed by atoms with van der Waals surface area (Å²) in [6, 6.07) is 10.4. The molecule has 1 aliphatic carbocycles. The highest BCUT2D eigenvalue weighted by Crippen LogP contribution is 2.28. The molecule has 12 heteroatoms. The number of nitrogens with one attached hydrogen (secondary N) is 4. The molecule has 196 valence electrons. The van der Waals surface area contributed by atoms with E-state index in [-0.39, 0.29) is 35.7 Å². The van der Waals surface area contributed by atoms with Gasteiger partial charge in [-0.25, -0.2) is 18.2 Å². The van der Waals surface area contributed by atoms with E-state index < -0.39 is 30.8 Å². The Morgan fingerprint density at radius 3 is 2.57 bits per heavy atom. The number of hydrogen-bond donors (Lipinski definition) is 4. The van der Waals surface area contributed by atoms with E-state index in [9.17, 15) is 18.0 Å². The maximum atomic E-state index is 13.7. The Morgan fingerprint density at radius 2 is 1.92 bits per heavy atom. The van der Waals surface area contributed by atoms with Gasteiger partial charge in [0.15, 0.2) is 6.29 Å². The summed E-state index contributed by atoms with van der Waals surface area (Å²) in [6.45, 7) is 0.233. The van der Waals surface area contributed by atoms with E-state index in [0.717, 1.165) is 5.56 Å². The molecule has 1 amide bonds. The van der Waals surface area contributed by atoms with Gasteiger partial charge in [0.05, 0.1) is 19.8 Å². The summed E-state index contributed by atoms with van der Waals surface area (Å²) < 4.78 is 51.5. The monoisotopic (exact) mass is 516 g/mol. The fraction of sp³-hybridized carbons (Fsp3) is 0.320. The summed E-state index contributed by atoms with van der Waals surface area (Å²) >= 11 is 0. The Balaban J connectivity index is 1.52. The summed E-state index contributed by atoms with van der Waals surface area (Å²) in [5.74, 6) is 0.919. The van der Waals surface area contributed by atoms with E-state index in [0.29, 0.717) is 11.5 Å². The van der Waals surface area contributed by atoms with Crippen LogP contribution in [0.1, 0.15) is 34.3 Å². The van der Waals surface area contributed by atoms with Crippen molar-refractivity contribution in [2.24, 2.45) is 0 Å². The molecule has 2 heterocycles. The molecule has 0 aliphatic heterocycles. The summed E-state index contributed by atoms with van der Waals surface area (Å²) in [5.41, 5.74) is 0.760. The second-order valence-electron chi connectivity index (χ2n) is 8.32. The van der Waals surface area contributed by atoms with Gasteiger partial charge in [0.25, 0.3) is 12.3 Å². The van der Waals surface area contributed by atoms with Crippen LogP contribution in [0.5, 0.6) is 11.5 Å². The fourth-order valence-electron chi connectivity index (χ4n) is 3.56. The molecule has 4 rings (SSSR count). The van der Waals surface area contributed by atoms with Gasteiger partial charge in [-0.2, -0.15) is 0 Å². The van der Waals surface area contributed by atoms with Crippen molar-refractivity contribution in [2.45, 2.75) is 37.9 Å². The van der Waals surface area contributed by atoms with Gasteiger partial charge < -0.3 is 25.4 Å². The van der Waals surface area contributed by atoms with Crippen LogP contribution in [-0.4, -0.2) is 48.6 Å². The molecule has 1 aliphatic rings. The van der Waals surface area contributed by atoms with Crippen molar-refractivity contribution in [3.63, 3.8) is 0 Å². The van der Waals surface area contributed by atoms with Crippen LogP contribution in [0.15, 0.2) is 54.9 Å². The molecule has 1 fully saturated rings. The average Bonchev–Trinajstić information content (AvgIpc) is 3.61. The van der Waals surface area contributed by atoms with Gasteiger partial charge >= 0.3 is 0 Å². The Morgan fingerprint density at radius 1 is 1.14 bits per heavy atom. The Hall–Kier alpha value is -4.06. The first kappa shape index (κ1) is 26.0. The average molecular weight is 517 g/mol. The number of nitrogens with zero attached hydrogens (tertiary/aromatic N) is 2. The summed E-state index contributed by atoms with van der Waals surface area (Å²) in [6.07, 6.45) is -1.62. The molecule has 3 aromatic rings. The fourth-order valence-corrected chi connectivity index (χ4v) is 3.56. The molecule has 1 aromatic carbocycles. The second-order valence-corrected chi connectivity index (χ2v) is 8.32. The first-order chi connectivity index (χ1) is 17.9. The summed E-state index contributed by atoms with van der Waals surface area (Å²) in [7, 11) is 3.06. The minimum Gasteiger partial charge on any atom is -0.497 e. The van der Waals surface area contributed by atoms with Crippen LogP contribution in [0.2, 0.25) is 0 Å². The molecule has 0 spiro atoms. The van der Waals surface area contributed by atoms with E-state index in [4.69, 9.17) is 9.47 Å². The van der Waals surface area contributed by atoms with Crippen molar-refractivity contribution in [2.75, 3.05) is 24.9 Å². The highest BCUT2D eigenvalue weighted by molar-refractivity contribution is 5.94. The van der Waals surface area contributed by atoms with Crippen molar-refractivity contribution in [3.05, 3.63) is 71.5 Å². The molecule has 2 aromatic heterocycles.